The molecule has 7 heteroatoms. The van der Waals surface area contributed by atoms with Crippen LogP contribution >= 0.6 is 0 Å². The summed E-state index contributed by atoms with van der Waals surface area (Å²) in [5.74, 6) is -0.273. The maximum Gasteiger partial charge on any atom is 0.243 e. The Kier molecular flexibility index (Phi) is 5.20. The Morgan fingerprint density at radius 3 is 2.41 bits per heavy atom. The molecule has 1 N–H and O–H groups in total. The Morgan fingerprint density at radius 1 is 1.23 bits per heavy atom. The summed E-state index contributed by atoms with van der Waals surface area (Å²) in [6, 6.07) is 7.83. The van der Waals surface area contributed by atoms with Crippen LogP contribution in [0, 0.1) is 0 Å². The molecule has 1 amide bonds. The second-order valence-electron chi connectivity index (χ2n) is 5.65. The molecule has 1 aliphatic heterocycles. The number of piperazine rings is 1. The molecule has 2 rings (SSSR count). The van der Waals surface area contributed by atoms with Crippen LogP contribution in [0.3, 0.4) is 0 Å². The predicted octanol–water partition coefficient (Wildman–Crippen LogP) is 0.516. The summed E-state index contributed by atoms with van der Waals surface area (Å²) in [4.78, 5) is 14.5. The molecule has 122 valence electrons. The van der Waals surface area contributed by atoms with Crippen molar-refractivity contribution in [1.29, 1.82) is 0 Å². The topological polar surface area (TPSA) is 69.7 Å². The lowest BCUT2D eigenvalue weighted by atomic mass is 10.1. The van der Waals surface area contributed by atoms with E-state index in [1.807, 2.05) is 13.8 Å². The molecule has 1 heterocycles. The van der Waals surface area contributed by atoms with Crippen LogP contribution in [0.4, 0.5) is 0 Å². The molecule has 1 aromatic carbocycles. The zero-order chi connectivity index (χ0) is 16.3. The lowest BCUT2D eigenvalue weighted by Crippen LogP contribution is -2.61. The van der Waals surface area contributed by atoms with Gasteiger partial charge in [-0.05, 0) is 26.0 Å². The van der Waals surface area contributed by atoms with Gasteiger partial charge >= 0.3 is 0 Å². The highest BCUT2D eigenvalue weighted by Crippen LogP contribution is 2.22. The number of carbonyl (C=O) groups is 1. The number of nitrogens with one attached hydrogen (secondary N) is 1. The summed E-state index contributed by atoms with van der Waals surface area (Å²) in [5, 5.41) is 2.58. The van der Waals surface area contributed by atoms with Gasteiger partial charge in [0.15, 0.2) is 0 Å². The molecule has 6 nitrogen and oxygen atoms in total. The zero-order valence-corrected chi connectivity index (χ0v) is 14.0. The number of hydrogen-bond acceptors (Lipinski definition) is 4. The molecule has 0 spiro atoms. The number of carbonyl (C=O) groups excluding carboxylic acids is 1. The first kappa shape index (κ1) is 16.9. The fraction of sp³-hybridized carbons (Fsp3) is 0.533. The fourth-order valence-electron chi connectivity index (χ4n) is 2.65. The number of rotatable bonds is 4. The van der Waals surface area contributed by atoms with E-state index in [2.05, 4.69) is 10.2 Å². The molecule has 0 bridgehead atoms. The summed E-state index contributed by atoms with van der Waals surface area (Å²) < 4.78 is 27.0. The maximum atomic E-state index is 12.8. The average molecular weight is 325 g/mol. The first-order chi connectivity index (χ1) is 10.4. The molecule has 0 unspecified atom stereocenters. The summed E-state index contributed by atoms with van der Waals surface area (Å²) >= 11 is 0. The van der Waals surface area contributed by atoms with Gasteiger partial charge in [0, 0.05) is 32.7 Å². The van der Waals surface area contributed by atoms with Crippen molar-refractivity contribution >= 4 is 15.9 Å². The SMILES string of the molecule is CNC(=O)[C@@H]1CN(C(C)C)CCN1S(=O)(=O)c1ccccc1. The highest BCUT2D eigenvalue weighted by Gasteiger charge is 2.40. The highest BCUT2D eigenvalue weighted by molar-refractivity contribution is 7.89. The maximum absolute atomic E-state index is 12.8. The van der Waals surface area contributed by atoms with Gasteiger partial charge in [-0.1, -0.05) is 18.2 Å². The Bertz CT molecular complexity index is 616. The van der Waals surface area contributed by atoms with Gasteiger partial charge in [0.05, 0.1) is 4.90 Å². The van der Waals surface area contributed by atoms with E-state index in [0.717, 1.165) is 0 Å². The number of likely N-dealkylation sites (N-methyl/N-ethyl adjacent to an activating group) is 1. The molecule has 0 aromatic heterocycles. The van der Waals surface area contributed by atoms with Crippen LogP contribution in [-0.2, 0) is 14.8 Å². The lowest BCUT2D eigenvalue weighted by Gasteiger charge is -2.41. The number of hydrogen-bond donors (Lipinski definition) is 1. The molecule has 1 aliphatic rings. The van der Waals surface area contributed by atoms with Crippen molar-refractivity contribution in [1.82, 2.24) is 14.5 Å². The van der Waals surface area contributed by atoms with Gasteiger partial charge in [0.1, 0.15) is 6.04 Å². The van der Waals surface area contributed by atoms with Crippen LogP contribution in [0.25, 0.3) is 0 Å². The van der Waals surface area contributed by atoms with Crippen molar-refractivity contribution in [3.63, 3.8) is 0 Å². The number of amides is 1. The first-order valence-corrected chi connectivity index (χ1v) is 8.84. The van der Waals surface area contributed by atoms with Crippen molar-refractivity contribution in [3.8, 4) is 0 Å². The Balaban J connectivity index is 2.34. The summed E-state index contributed by atoms with van der Waals surface area (Å²) in [6.45, 7) is 5.43. The number of benzene rings is 1. The van der Waals surface area contributed by atoms with Crippen molar-refractivity contribution in [2.45, 2.75) is 30.8 Å². The summed E-state index contributed by atoms with van der Waals surface area (Å²) in [6.07, 6.45) is 0. The van der Waals surface area contributed by atoms with Gasteiger partial charge in [-0.2, -0.15) is 4.31 Å². The van der Waals surface area contributed by atoms with Crippen molar-refractivity contribution in [2.24, 2.45) is 0 Å². The Labute approximate surface area is 132 Å². The first-order valence-electron chi connectivity index (χ1n) is 7.40. The van der Waals surface area contributed by atoms with E-state index in [9.17, 15) is 13.2 Å². The van der Waals surface area contributed by atoms with Gasteiger partial charge in [-0.15, -0.1) is 0 Å². The van der Waals surface area contributed by atoms with E-state index in [4.69, 9.17) is 0 Å². The summed E-state index contributed by atoms with van der Waals surface area (Å²) in [5.41, 5.74) is 0. The monoisotopic (exact) mass is 325 g/mol. The van der Waals surface area contributed by atoms with Gasteiger partial charge in [-0.25, -0.2) is 8.42 Å². The minimum Gasteiger partial charge on any atom is -0.358 e. The van der Waals surface area contributed by atoms with E-state index < -0.39 is 16.1 Å². The van der Waals surface area contributed by atoms with Gasteiger partial charge < -0.3 is 5.32 Å². The molecule has 1 fully saturated rings. The van der Waals surface area contributed by atoms with E-state index in [-0.39, 0.29) is 16.8 Å². The quantitative estimate of drug-likeness (QED) is 0.876. The minimum atomic E-state index is -3.67. The minimum absolute atomic E-state index is 0.224. The molecular formula is C15H23N3O3S. The van der Waals surface area contributed by atoms with E-state index in [1.165, 1.54) is 11.4 Å². The largest absolute Gasteiger partial charge is 0.358 e. The molecule has 22 heavy (non-hydrogen) atoms. The fourth-order valence-corrected chi connectivity index (χ4v) is 4.24. The van der Waals surface area contributed by atoms with Crippen LogP contribution in [0.1, 0.15) is 13.8 Å². The molecule has 0 radical (unpaired) electrons. The van der Waals surface area contributed by atoms with Gasteiger partial charge in [0.25, 0.3) is 0 Å². The predicted molar refractivity (Wildman–Crippen MR) is 84.9 cm³/mol. The van der Waals surface area contributed by atoms with Crippen molar-refractivity contribution in [2.75, 3.05) is 26.7 Å². The third-order valence-electron chi connectivity index (χ3n) is 3.99. The van der Waals surface area contributed by atoms with Crippen LogP contribution in [0.2, 0.25) is 0 Å². The molecule has 1 aromatic rings. The van der Waals surface area contributed by atoms with E-state index in [1.54, 1.807) is 30.3 Å². The normalized spacial score (nSPS) is 21.0. The van der Waals surface area contributed by atoms with Crippen LogP contribution in [-0.4, -0.2) is 62.3 Å². The van der Waals surface area contributed by atoms with E-state index >= 15 is 0 Å². The highest BCUT2D eigenvalue weighted by atomic mass is 32.2. The smallest absolute Gasteiger partial charge is 0.243 e. The van der Waals surface area contributed by atoms with E-state index in [0.29, 0.717) is 19.6 Å². The van der Waals surface area contributed by atoms with Gasteiger partial charge in [-0.3, -0.25) is 9.69 Å². The van der Waals surface area contributed by atoms with Crippen molar-refractivity contribution in [3.05, 3.63) is 30.3 Å². The van der Waals surface area contributed by atoms with Crippen LogP contribution in [0.15, 0.2) is 35.2 Å². The average Bonchev–Trinajstić information content (AvgIpc) is 2.54. The second-order valence-corrected chi connectivity index (χ2v) is 7.54. The number of nitrogens with zero attached hydrogens (tertiary/aromatic N) is 2. The van der Waals surface area contributed by atoms with Crippen LogP contribution < -0.4 is 5.32 Å². The second kappa shape index (κ2) is 6.76. The molecule has 0 aliphatic carbocycles. The molecule has 0 saturated carbocycles. The third kappa shape index (κ3) is 3.31. The standard InChI is InChI=1S/C15H23N3O3S/c1-12(2)17-9-10-18(14(11-17)15(19)16-3)22(20,21)13-7-5-4-6-8-13/h4-8,12,14H,9-11H2,1-3H3,(H,16,19)/t14-/m0/s1. The Hall–Kier alpha value is -1.44. The van der Waals surface area contributed by atoms with Crippen molar-refractivity contribution < 1.29 is 13.2 Å². The number of sulfonamides is 1. The molecular weight excluding hydrogens is 302 g/mol. The third-order valence-corrected chi connectivity index (χ3v) is 5.91. The zero-order valence-electron chi connectivity index (χ0n) is 13.2. The van der Waals surface area contributed by atoms with Gasteiger partial charge in [0.2, 0.25) is 15.9 Å². The molecule has 1 atom stereocenters. The lowest BCUT2D eigenvalue weighted by molar-refractivity contribution is -0.126. The van der Waals surface area contributed by atoms with Crippen LogP contribution in [0.5, 0.6) is 0 Å². The summed E-state index contributed by atoms with van der Waals surface area (Å²) in [7, 11) is -2.14. The Morgan fingerprint density at radius 2 is 1.86 bits per heavy atom. The molecule has 1 saturated heterocycles.